The van der Waals surface area contributed by atoms with Crippen molar-refractivity contribution in [2.24, 2.45) is 0 Å². The van der Waals surface area contributed by atoms with E-state index in [2.05, 4.69) is 36.1 Å². The average Bonchev–Trinajstić information content (AvgIpc) is 2.84. The van der Waals surface area contributed by atoms with Crippen molar-refractivity contribution >= 4 is 11.7 Å². The lowest BCUT2D eigenvalue weighted by molar-refractivity contribution is 0.0696. The normalized spacial score (nSPS) is 16.4. The van der Waals surface area contributed by atoms with Crippen LogP contribution in [0.4, 0.5) is 5.69 Å². The van der Waals surface area contributed by atoms with Crippen molar-refractivity contribution in [3.63, 3.8) is 0 Å². The van der Waals surface area contributed by atoms with Crippen LogP contribution in [0.5, 0.6) is 5.75 Å². The Morgan fingerprint density at radius 2 is 2.09 bits per heavy atom. The monoisotopic (exact) mass is 297 g/mol. The second kappa shape index (κ2) is 6.10. The molecule has 3 rings (SSSR count). The van der Waals surface area contributed by atoms with E-state index in [4.69, 9.17) is 9.84 Å². The molecule has 1 aliphatic rings. The molecule has 0 aromatic heterocycles. The number of fused-ring (bicyclic) bond motifs is 1. The van der Waals surface area contributed by atoms with Crippen LogP contribution in [0.15, 0.2) is 48.5 Å². The molecule has 2 aromatic carbocycles. The van der Waals surface area contributed by atoms with Gasteiger partial charge >= 0.3 is 5.97 Å². The van der Waals surface area contributed by atoms with Crippen LogP contribution in [0.1, 0.15) is 22.8 Å². The summed E-state index contributed by atoms with van der Waals surface area (Å²) >= 11 is 0. The Labute approximate surface area is 130 Å². The topological polar surface area (TPSA) is 49.8 Å². The van der Waals surface area contributed by atoms with Crippen molar-refractivity contribution in [3.05, 3.63) is 59.7 Å². The Morgan fingerprint density at radius 1 is 1.27 bits per heavy atom. The SMILES string of the molecule is CC1Cc2ccccc2N1CCOc1cccc(C(=O)O)c1. The first-order chi connectivity index (χ1) is 10.6. The Kier molecular flexibility index (Phi) is 4.00. The van der Waals surface area contributed by atoms with E-state index in [0.29, 0.717) is 18.4 Å². The summed E-state index contributed by atoms with van der Waals surface area (Å²) in [6.07, 6.45) is 1.06. The van der Waals surface area contributed by atoms with E-state index in [0.717, 1.165) is 13.0 Å². The number of ether oxygens (including phenoxy) is 1. The molecule has 1 aliphatic heterocycles. The van der Waals surface area contributed by atoms with Crippen molar-refractivity contribution in [1.82, 2.24) is 0 Å². The Bertz CT molecular complexity index is 684. The molecule has 4 nitrogen and oxygen atoms in total. The summed E-state index contributed by atoms with van der Waals surface area (Å²) in [5.41, 5.74) is 2.90. The minimum absolute atomic E-state index is 0.248. The molecule has 0 radical (unpaired) electrons. The van der Waals surface area contributed by atoms with Crippen molar-refractivity contribution in [1.29, 1.82) is 0 Å². The lowest BCUT2D eigenvalue weighted by Crippen LogP contribution is -2.33. The second-order valence-electron chi connectivity index (χ2n) is 5.56. The molecule has 0 bridgehead atoms. The smallest absolute Gasteiger partial charge is 0.335 e. The summed E-state index contributed by atoms with van der Waals surface area (Å²) in [7, 11) is 0. The van der Waals surface area contributed by atoms with Crippen LogP contribution in [0, 0.1) is 0 Å². The van der Waals surface area contributed by atoms with E-state index in [9.17, 15) is 4.79 Å². The molecule has 0 spiro atoms. The van der Waals surface area contributed by atoms with Crippen LogP contribution >= 0.6 is 0 Å². The standard InChI is InChI=1S/C18H19NO3/c1-13-11-14-5-2-3-8-17(14)19(13)9-10-22-16-7-4-6-15(12-16)18(20)21/h2-8,12-13H,9-11H2,1H3,(H,20,21). The lowest BCUT2D eigenvalue weighted by atomic mass is 10.1. The molecule has 114 valence electrons. The third kappa shape index (κ3) is 2.91. The zero-order chi connectivity index (χ0) is 15.5. The van der Waals surface area contributed by atoms with Gasteiger partial charge in [-0.2, -0.15) is 0 Å². The fraction of sp³-hybridized carbons (Fsp3) is 0.278. The summed E-state index contributed by atoms with van der Waals surface area (Å²) < 4.78 is 5.72. The molecule has 22 heavy (non-hydrogen) atoms. The molecule has 0 saturated heterocycles. The number of rotatable bonds is 5. The van der Waals surface area contributed by atoms with Gasteiger partial charge in [0.15, 0.2) is 0 Å². The van der Waals surface area contributed by atoms with E-state index in [-0.39, 0.29) is 5.56 Å². The van der Waals surface area contributed by atoms with Crippen LogP contribution in [0.2, 0.25) is 0 Å². The number of carboxylic acids is 1. The quantitative estimate of drug-likeness (QED) is 0.920. The van der Waals surface area contributed by atoms with E-state index in [1.165, 1.54) is 11.3 Å². The van der Waals surface area contributed by atoms with Gasteiger partial charge in [-0.1, -0.05) is 24.3 Å². The zero-order valence-corrected chi connectivity index (χ0v) is 12.5. The molecule has 1 unspecified atom stereocenters. The number of benzene rings is 2. The van der Waals surface area contributed by atoms with E-state index in [1.807, 2.05) is 0 Å². The predicted octanol–water partition coefficient (Wildman–Crippen LogP) is 3.21. The van der Waals surface area contributed by atoms with Crippen LogP contribution in [0.3, 0.4) is 0 Å². The highest BCUT2D eigenvalue weighted by atomic mass is 16.5. The van der Waals surface area contributed by atoms with Crippen molar-refractivity contribution in [2.75, 3.05) is 18.1 Å². The first-order valence-electron chi connectivity index (χ1n) is 7.46. The van der Waals surface area contributed by atoms with Gasteiger partial charge in [0, 0.05) is 11.7 Å². The van der Waals surface area contributed by atoms with Gasteiger partial charge in [0.05, 0.1) is 12.1 Å². The van der Waals surface area contributed by atoms with Gasteiger partial charge in [0.25, 0.3) is 0 Å². The summed E-state index contributed by atoms with van der Waals surface area (Å²) in [6.45, 7) is 3.53. The number of hydrogen-bond donors (Lipinski definition) is 1. The Hall–Kier alpha value is -2.49. The largest absolute Gasteiger partial charge is 0.492 e. The first kappa shape index (κ1) is 14.4. The maximum Gasteiger partial charge on any atom is 0.335 e. The molecule has 0 amide bonds. The van der Waals surface area contributed by atoms with E-state index in [1.54, 1.807) is 24.3 Å². The van der Waals surface area contributed by atoms with Crippen LogP contribution in [-0.2, 0) is 6.42 Å². The summed E-state index contributed by atoms with van der Waals surface area (Å²) in [5, 5.41) is 8.99. The summed E-state index contributed by atoms with van der Waals surface area (Å²) in [4.78, 5) is 13.3. The summed E-state index contributed by atoms with van der Waals surface area (Å²) in [6, 6.07) is 15.5. The van der Waals surface area contributed by atoms with Crippen molar-refractivity contribution in [3.8, 4) is 5.75 Å². The molecule has 1 heterocycles. The van der Waals surface area contributed by atoms with Gasteiger partial charge in [0.1, 0.15) is 12.4 Å². The highest BCUT2D eigenvalue weighted by molar-refractivity contribution is 5.88. The van der Waals surface area contributed by atoms with Crippen molar-refractivity contribution in [2.45, 2.75) is 19.4 Å². The summed E-state index contributed by atoms with van der Waals surface area (Å²) in [5.74, 6) is -0.340. The van der Waals surface area contributed by atoms with Gasteiger partial charge in [0.2, 0.25) is 0 Å². The molecule has 0 aliphatic carbocycles. The molecule has 0 fully saturated rings. The number of carboxylic acid groups (broad SMARTS) is 1. The highest BCUT2D eigenvalue weighted by Crippen LogP contribution is 2.31. The van der Waals surface area contributed by atoms with Gasteiger partial charge in [-0.3, -0.25) is 0 Å². The van der Waals surface area contributed by atoms with Crippen LogP contribution in [-0.4, -0.2) is 30.3 Å². The number of hydrogen-bond acceptors (Lipinski definition) is 3. The number of anilines is 1. The third-order valence-corrected chi connectivity index (χ3v) is 4.03. The zero-order valence-electron chi connectivity index (χ0n) is 12.5. The number of carbonyl (C=O) groups is 1. The molecular weight excluding hydrogens is 278 g/mol. The maximum atomic E-state index is 11.0. The minimum atomic E-state index is -0.937. The number of nitrogens with zero attached hydrogens (tertiary/aromatic N) is 1. The predicted molar refractivity (Wildman–Crippen MR) is 85.9 cm³/mol. The number of para-hydroxylation sites is 1. The molecule has 0 saturated carbocycles. The minimum Gasteiger partial charge on any atom is -0.492 e. The molecule has 1 atom stereocenters. The van der Waals surface area contributed by atoms with Crippen LogP contribution in [0.25, 0.3) is 0 Å². The first-order valence-corrected chi connectivity index (χ1v) is 7.46. The van der Waals surface area contributed by atoms with Crippen molar-refractivity contribution < 1.29 is 14.6 Å². The fourth-order valence-electron chi connectivity index (χ4n) is 2.95. The molecule has 2 aromatic rings. The lowest BCUT2D eigenvalue weighted by Gasteiger charge is -2.24. The van der Waals surface area contributed by atoms with Crippen LogP contribution < -0.4 is 9.64 Å². The van der Waals surface area contributed by atoms with E-state index >= 15 is 0 Å². The molecule has 1 N–H and O–H groups in total. The second-order valence-corrected chi connectivity index (χ2v) is 5.56. The van der Waals surface area contributed by atoms with Gasteiger partial charge in [-0.05, 0) is 43.2 Å². The van der Waals surface area contributed by atoms with Gasteiger partial charge < -0.3 is 14.7 Å². The molecule has 4 heteroatoms. The van der Waals surface area contributed by atoms with E-state index < -0.39 is 5.97 Å². The Morgan fingerprint density at radius 3 is 2.91 bits per heavy atom. The van der Waals surface area contributed by atoms with Gasteiger partial charge in [-0.15, -0.1) is 0 Å². The fourth-order valence-corrected chi connectivity index (χ4v) is 2.95. The Balaban J connectivity index is 1.62. The third-order valence-electron chi connectivity index (χ3n) is 4.03. The van der Waals surface area contributed by atoms with Gasteiger partial charge in [-0.25, -0.2) is 4.79 Å². The maximum absolute atomic E-state index is 11.0. The number of aromatic carboxylic acids is 1. The average molecular weight is 297 g/mol. The molecular formula is C18H19NO3. The highest BCUT2D eigenvalue weighted by Gasteiger charge is 2.24.